The summed E-state index contributed by atoms with van der Waals surface area (Å²) >= 11 is 0. The molecule has 3 rings (SSSR count). The van der Waals surface area contributed by atoms with Gasteiger partial charge in [0.1, 0.15) is 17.8 Å². The van der Waals surface area contributed by atoms with Crippen LogP contribution in [0.25, 0.3) is 0 Å². The van der Waals surface area contributed by atoms with Crippen molar-refractivity contribution in [3.63, 3.8) is 0 Å². The molecule has 0 saturated carbocycles. The van der Waals surface area contributed by atoms with Gasteiger partial charge in [-0.25, -0.2) is 0 Å². The molecule has 144 valence electrons. The van der Waals surface area contributed by atoms with Crippen molar-refractivity contribution in [2.45, 2.75) is 31.3 Å². The highest BCUT2D eigenvalue weighted by atomic mass is 16.5. The van der Waals surface area contributed by atoms with E-state index < -0.39 is 18.0 Å². The average molecular weight is 377 g/mol. The minimum absolute atomic E-state index is 0.178. The number of likely N-dealkylation sites (N-methyl/N-ethyl adjacent to an activating group) is 1. The van der Waals surface area contributed by atoms with Crippen molar-refractivity contribution in [1.82, 2.24) is 10.2 Å². The number of ether oxygens (including phenoxy) is 1. The van der Waals surface area contributed by atoms with E-state index >= 15 is 0 Å². The van der Waals surface area contributed by atoms with Crippen molar-refractivity contribution in [2.75, 3.05) is 14.2 Å². The monoisotopic (exact) mass is 377 g/mol. The molecule has 3 unspecified atom stereocenters. The summed E-state index contributed by atoms with van der Waals surface area (Å²) in [5, 5.41) is 12.3. The highest BCUT2D eigenvalue weighted by Gasteiger charge is 2.42. The van der Waals surface area contributed by atoms with Gasteiger partial charge < -0.3 is 15.0 Å². The molecule has 1 N–H and O–H groups in total. The van der Waals surface area contributed by atoms with E-state index in [-0.39, 0.29) is 11.8 Å². The first-order chi connectivity index (χ1) is 13.5. The Hall–Kier alpha value is -3.33. The Labute approximate surface area is 164 Å². The summed E-state index contributed by atoms with van der Waals surface area (Å²) in [5.41, 5.74) is 2.05. The van der Waals surface area contributed by atoms with Crippen LogP contribution in [0.1, 0.15) is 29.5 Å². The largest absolute Gasteiger partial charge is 0.496 e. The summed E-state index contributed by atoms with van der Waals surface area (Å²) in [4.78, 5) is 27.4. The van der Waals surface area contributed by atoms with E-state index in [9.17, 15) is 14.9 Å². The van der Waals surface area contributed by atoms with Gasteiger partial charge in [-0.1, -0.05) is 43.3 Å². The summed E-state index contributed by atoms with van der Waals surface area (Å²) in [5.74, 6) is -0.260. The number of hydrogen-bond acceptors (Lipinski definition) is 4. The lowest BCUT2D eigenvalue weighted by Crippen LogP contribution is -2.63. The summed E-state index contributed by atoms with van der Waals surface area (Å²) in [6, 6.07) is 15.6. The molecular weight excluding hydrogens is 354 g/mol. The summed E-state index contributed by atoms with van der Waals surface area (Å²) in [6.45, 7) is 1.83. The molecule has 0 aromatic heterocycles. The SMILES string of the molecule is COc1cccc(C#N)c1C(C)C1NC(=O)C(Cc2ccccc2)N(C)C1=O. The number of hydrogen-bond donors (Lipinski definition) is 1. The number of benzene rings is 2. The Balaban J connectivity index is 1.87. The zero-order chi connectivity index (χ0) is 20.3. The fraction of sp³-hybridized carbons (Fsp3) is 0.318. The molecule has 28 heavy (non-hydrogen) atoms. The van der Waals surface area contributed by atoms with Crippen molar-refractivity contribution in [3.05, 3.63) is 65.2 Å². The molecule has 1 saturated heterocycles. The molecule has 2 aromatic carbocycles. The standard InChI is InChI=1S/C22H23N3O3/c1-14(19-16(13-23)10-7-11-18(19)28-3)20-22(27)25(2)17(21(26)24-20)12-15-8-5-4-6-9-15/h4-11,14,17,20H,12H2,1-3H3,(H,24,26). The third kappa shape index (κ3) is 3.56. The van der Waals surface area contributed by atoms with Crippen LogP contribution in [0, 0.1) is 11.3 Å². The second-order valence-electron chi connectivity index (χ2n) is 6.96. The summed E-state index contributed by atoms with van der Waals surface area (Å²) < 4.78 is 5.40. The highest BCUT2D eigenvalue weighted by Crippen LogP contribution is 2.33. The van der Waals surface area contributed by atoms with E-state index in [0.29, 0.717) is 23.3 Å². The molecule has 0 spiro atoms. The van der Waals surface area contributed by atoms with Crippen LogP contribution >= 0.6 is 0 Å². The third-order valence-electron chi connectivity index (χ3n) is 5.32. The Kier molecular flexibility index (Phi) is 5.65. The van der Waals surface area contributed by atoms with E-state index in [1.807, 2.05) is 37.3 Å². The van der Waals surface area contributed by atoms with E-state index in [1.165, 1.54) is 12.0 Å². The first kappa shape index (κ1) is 19.4. The Bertz CT molecular complexity index is 920. The number of carbonyl (C=O) groups is 2. The predicted molar refractivity (Wildman–Crippen MR) is 105 cm³/mol. The van der Waals surface area contributed by atoms with Crippen LogP contribution in [0.5, 0.6) is 5.75 Å². The van der Waals surface area contributed by atoms with Crippen LogP contribution in [0.3, 0.4) is 0 Å². The van der Waals surface area contributed by atoms with Crippen molar-refractivity contribution in [1.29, 1.82) is 5.26 Å². The van der Waals surface area contributed by atoms with Gasteiger partial charge in [0, 0.05) is 24.9 Å². The Morgan fingerprint density at radius 2 is 1.89 bits per heavy atom. The maximum Gasteiger partial charge on any atom is 0.246 e. The molecule has 0 aliphatic carbocycles. The van der Waals surface area contributed by atoms with Crippen LogP contribution in [0.2, 0.25) is 0 Å². The lowest BCUT2D eigenvalue weighted by molar-refractivity contribution is -0.148. The number of methoxy groups -OCH3 is 1. The van der Waals surface area contributed by atoms with Crippen molar-refractivity contribution >= 4 is 11.8 Å². The molecule has 2 amide bonds. The topological polar surface area (TPSA) is 82.4 Å². The van der Waals surface area contributed by atoms with Crippen molar-refractivity contribution in [2.24, 2.45) is 0 Å². The smallest absolute Gasteiger partial charge is 0.246 e. The fourth-order valence-electron chi connectivity index (χ4n) is 3.72. The van der Waals surface area contributed by atoms with Crippen LogP contribution in [-0.2, 0) is 16.0 Å². The minimum atomic E-state index is -0.757. The third-order valence-corrected chi connectivity index (χ3v) is 5.32. The van der Waals surface area contributed by atoms with Gasteiger partial charge in [-0.2, -0.15) is 5.26 Å². The summed E-state index contributed by atoms with van der Waals surface area (Å²) in [7, 11) is 3.18. The molecule has 0 bridgehead atoms. The second-order valence-corrected chi connectivity index (χ2v) is 6.96. The number of carbonyl (C=O) groups excluding carboxylic acids is 2. The molecule has 0 radical (unpaired) electrons. The molecule has 6 nitrogen and oxygen atoms in total. The van der Waals surface area contributed by atoms with Crippen LogP contribution in [0.15, 0.2) is 48.5 Å². The number of piperazine rings is 1. The van der Waals surface area contributed by atoms with Crippen LogP contribution < -0.4 is 10.1 Å². The summed E-state index contributed by atoms with van der Waals surface area (Å²) in [6.07, 6.45) is 0.452. The molecule has 2 aromatic rings. The maximum absolute atomic E-state index is 13.1. The lowest BCUT2D eigenvalue weighted by Gasteiger charge is -2.39. The van der Waals surface area contributed by atoms with Gasteiger partial charge in [-0.15, -0.1) is 0 Å². The number of nitrogens with zero attached hydrogens (tertiary/aromatic N) is 2. The fourth-order valence-corrected chi connectivity index (χ4v) is 3.72. The van der Waals surface area contributed by atoms with Crippen molar-refractivity contribution in [3.8, 4) is 11.8 Å². The van der Waals surface area contributed by atoms with Gasteiger partial charge in [-0.05, 0) is 17.7 Å². The van der Waals surface area contributed by atoms with Crippen LogP contribution in [0.4, 0.5) is 0 Å². The van der Waals surface area contributed by atoms with Gasteiger partial charge in [0.05, 0.1) is 18.7 Å². The number of rotatable bonds is 5. The average Bonchev–Trinajstić information content (AvgIpc) is 2.73. The minimum Gasteiger partial charge on any atom is -0.496 e. The number of amides is 2. The highest BCUT2D eigenvalue weighted by molar-refractivity contribution is 5.97. The lowest BCUT2D eigenvalue weighted by atomic mass is 9.86. The Morgan fingerprint density at radius 1 is 1.18 bits per heavy atom. The van der Waals surface area contributed by atoms with Gasteiger partial charge in [0.15, 0.2) is 0 Å². The molecule has 1 aliphatic rings. The number of nitrogens with one attached hydrogen (secondary N) is 1. The molecule has 3 atom stereocenters. The van der Waals surface area contributed by atoms with E-state index in [2.05, 4.69) is 11.4 Å². The zero-order valence-electron chi connectivity index (χ0n) is 16.2. The van der Waals surface area contributed by atoms with Crippen LogP contribution in [-0.4, -0.2) is 43.0 Å². The van der Waals surface area contributed by atoms with E-state index in [0.717, 1.165) is 5.56 Å². The zero-order valence-corrected chi connectivity index (χ0v) is 16.2. The maximum atomic E-state index is 13.1. The molecule has 1 aliphatic heterocycles. The Morgan fingerprint density at radius 3 is 2.54 bits per heavy atom. The number of nitriles is 1. The van der Waals surface area contributed by atoms with Gasteiger partial charge in [0.25, 0.3) is 0 Å². The quantitative estimate of drug-likeness (QED) is 0.866. The molecular formula is C22H23N3O3. The van der Waals surface area contributed by atoms with E-state index in [1.54, 1.807) is 25.2 Å². The van der Waals surface area contributed by atoms with Crippen molar-refractivity contribution < 1.29 is 14.3 Å². The van der Waals surface area contributed by atoms with Gasteiger partial charge >= 0.3 is 0 Å². The predicted octanol–water partition coefficient (Wildman–Crippen LogP) is 2.24. The molecule has 6 heteroatoms. The first-order valence-electron chi connectivity index (χ1n) is 9.16. The van der Waals surface area contributed by atoms with Gasteiger partial charge in [-0.3, -0.25) is 9.59 Å². The normalized spacial score (nSPS) is 20.3. The molecule has 1 fully saturated rings. The van der Waals surface area contributed by atoms with E-state index in [4.69, 9.17) is 4.74 Å². The van der Waals surface area contributed by atoms with Gasteiger partial charge in [0.2, 0.25) is 11.8 Å². The first-order valence-corrected chi connectivity index (χ1v) is 9.16. The molecule has 1 heterocycles. The second kappa shape index (κ2) is 8.13.